The van der Waals surface area contributed by atoms with Gasteiger partial charge in [0.25, 0.3) is 0 Å². The second-order valence-electron chi connectivity index (χ2n) is 6.44. The third kappa shape index (κ3) is 4.40. The van der Waals surface area contributed by atoms with Gasteiger partial charge < -0.3 is 8.74 Å². The van der Waals surface area contributed by atoms with Crippen LogP contribution < -0.4 is 4.18 Å². The average Bonchev–Trinajstić information content (AvgIpc) is 2.69. The van der Waals surface area contributed by atoms with Gasteiger partial charge in [0.1, 0.15) is 15.0 Å². The molecule has 0 spiro atoms. The second kappa shape index (κ2) is 8.55. The molecule has 0 fully saturated rings. The Balaban J connectivity index is 2.08. The van der Waals surface area contributed by atoms with Crippen LogP contribution in [0.15, 0.2) is 70.5 Å². The molecule has 0 aliphatic rings. The predicted octanol–water partition coefficient (Wildman–Crippen LogP) is 5.48. The quantitative estimate of drug-likeness (QED) is 0.0894. The van der Waals surface area contributed by atoms with Crippen LogP contribution in [0.1, 0.15) is 0 Å². The van der Waals surface area contributed by atoms with Gasteiger partial charge in [-0.15, -0.1) is 0 Å². The summed E-state index contributed by atoms with van der Waals surface area (Å²) in [6.45, 7) is 0. The van der Waals surface area contributed by atoms with Crippen molar-refractivity contribution in [1.29, 1.82) is 0 Å². The van der Waals surface area contributed by atoms with Crippen molar-refractivity contribution in [3.05, 3.63) is 71.4 Å². The maximum absolute atomic E-state index is 13.3. The van der Waals surface area contributed by atoms with E-state index in [4.69, 9.17) is 4.18 Å². The lowest BCUT2D eigenvalue weighted by atomic mass is 10.0. The fraction of sp³-hybridized carbons (Fsp3) is 0. The van der Waals surface area contributed by atoms with Crippen molar-refractivity contribution in [3.8, 4) is 5.75 Å². The van der Waals surface area contributed by atoms with E-state index in [1.807, 2.05) is 51.2 Å². The molecular weight excluding hydrogens is 781 g/mol. The fourth-order valence-electron chi connectivity index (χ4n) is 3.28. The Morgan fingerprint density at radius 3 is 1.71 bits per heavy atom. The van der Waals surface area contributed by atoms with Crippen LogP contribution in [-0.2, 0) is 20.2 Å². The van der Waals surface area contributed by atoms with Crippen molar-refractivity contribution in [2.24, 2.45) is 0 Å². The molecule has 0 saturated heterocycles. The van der Waals surface area contributed by atoms with Crippen molar-refractivity contribution in [2.75, 3.05) is 0 Å². The van der Waals surface area contributed by atoms with Gasteiger partial charge in [-0.3, -0.25) is 0 Å². The zero-order valence-corrected chi connectivity index (χ0v) is 23.3. The largest absolute Gasteiger partial charge is 0.744 e. The summed E-state index contributed by atoms with van der Waals surface area (Å²) in [5.74, 6) is -0.0248. The Morgan fingerprint density at radius 2 is 1.23 bits per heavy atom. The molecule has 0 unspecified atom stereocenters. The van der Waals surface area contributed by atoms with Crippen molar-refractivity contribution in [2.45, 2.75) is 9.79 Å². The molecular formula is C20H10I3O6S2-. The smallest absolute Gasteiger partial charge is 0.340 e. The molecule has 31 heavy (non-hydrogen) atoms. The van der Waals surface area contributed by atoms with E-state index in [1.54, 1.807) is 24.3 Å². The second-order valence-corrected chi connectivity index (χ2v) is 12.8. The minimum Gasteiger partial charge on any atom is -0.744 e. The standard InChI is InChI=1S/C20H11I3O6S2/c21-11-9-16(22)18(23)17(10-11)31(27,28)29-19-12-5-1-3-7-14(12)20(30(24,25)26)15-8-4-2-6-13(15)19/h1-10H,(H,24,25,26)/p-1. The van der Waals surface area contributed by atoms with Crippen LogP contribution in [0, 0.1) is 10.7 Å². The zero-order valence-electron chi connectivity index (χ0n) is 15.2. The number of benzene rings is 4. The Kier molecular flexibility index (Phi) is 6.46. The molecule has 0 aromatic heterocycles. The minimum atomic E-state index is -4.84. The van der Waals surface area contributed by atoms with E-state index in [9.17, 15) is 21.4 Å². The molecule has 0 heterocycles. The van der Waals surface area contributed by atoms with Gasteiger partial charge in [0, 0.05) is 32.3 Å². The lowest BCUT2D eigenvalue weighted by molar-refractivity contribution is 0.465. The summed E-state index contributed by atoms with van der Waals surface area (Å²) in [5.41, 5.74) is 0. The topological polar surface area (TPSA) is 101 Å². The number of rotatable bonds is 4. The van der Waals surface area contributed by atoms with E-state index >= 15 is 0 Å². The molecule has 0 aliphatic heterocycles. The molecule has 0 saturated carbocycles. The fourth-order valence-corrected chi connectivity index (χ4v) is 8.62. The summed E-state index contributed by atoms with van der Waals surface area (Å²) < 4.78 is 70.5. The molecule has 0 radical (unpaired) electrons. The van der Waals surface area contributed by atoms with Crippen LogP contribution in [0.5, 0.6) is 5.75 Å². The molecule has 6 nitrogen and oxygen atoms in total. The molecule has 0 bridgehead atoms. The molecule has 160 valence electrons. The highest BCUT2D eigenvalue weighted by Crippen LogP contribution is 2.41. The first-order valence-corrected chi connectivity index (χ1v) is 14.5. The molecule has 11 heteroatoms. The Hall–Kier alpha value is -0.750. The maximum Gasteiger partial charge on any atom is 0.340 e. The molecule has 4 aromatic carbocycles. The van der Waals surface area contributed by atoms with E-state index in [0.29, 0.717) is 3.57 Å². The van der Waals surface area contributed by atoms with E-state index < -0.39 is 25.1 Å². The first-order valence-electron chi connectivity index (χ1n) is 8.49. The summed E-state index contributed by atoms with van der Waals surface area (Å²) in [5, 5.41) is 0.644. The highest BCUT2D eigenvalue weighted by Gasteiger charge is 2.26. The van der Waals surface area contributed by atoms with Crippen molar-refractivity contribution >= 4 is 110 Å². The Bertz CT molecular complexity index is 1530. The summed E-state index contributed by atoms with van der Waals surface area (Å²) in [6, 6.07) is 15.8. The monoisotopic (exact) mass is 791 g/mol. The Labute approximate surface area is 219 Å². The molecule has 0 N–H and O–H groups in total. The van der Waals surface area contributed by atoms with Crippen molar-refractivity contribution in [1.82, 2.24) is 0 Å². The van der Waals surface area contributed by atoms with Gasteiger partial charge >= 0.3 is 10.1 Å². The zero-order chi connectivity index (χ0) is 22.6. The average molecular weight is 791 g/mol. The molecule has 0 amide bonds. The van der Waals surface area contributed by atoms with Gasteiger partial charge in [-0.05, 0) is 79.9 Å². The van der Waals surface area contributed by atoms with E-state index in [0.717, 1.165) is 7.14 Å². The number of hydrogen-bond donors (Lipinski definition) is 0. The van der Waals surface area contributed by atoms with Crippen LogP contribution in [0.2, 0.25) is 0 Å². The SMILES string of the molecule is O=S(=O)([O-])c1c2ccccc2c(OS(=O)(=O)c2cc(I)cc(I)c2I)c2ccccc12. The first kappa shape index (κ1) is 23.4. The molecule has 4 rings (SSSR count). The molecule has 0 atom stereocenters. The molecule has 0 aliphatic carbocycles. The van der Waals surface area contributed by atoms with Gasteiger partial charge in [0.15, 0.2) is 5.75 Å². The first-order chi connectivity index (χ1) is 14.5. The van der Waals surface area contributed by atoms with E-state index in [2.05, 4.69) is 22.6 Å². The van der Waals surface area contributed by atoms with E-state index in [1.165, 1.54) is 30.3 Å². The summed E-state index contributed by atoms with van der Waals surface area (Å²) in [7, 11) is -9.11. The van der Waals surface area contributed by atoms with E-state index in [-0.39, 0.29) is 32.2 Å². The van der Waals surface area contributed by atoms with Gasteiger partial charge in [0.05, 0.1) is 4.90 Å². The third-order valence-corrected chi connectivity index (χ3v) is 10.7. The summed E-state index contributed by atoms with van der Waals surface area (Å²) in [6.07, 6.45) is 0. The maximum atomic E-state index is 13.3. The number of hydrogen-bond acceptors (Lipinski definition) is 6. The minimum absolute atomic E-state index is 0.0121. The molecule has 4 aromatic rings. The van der Waals surface area contributed by atoms with Gasteiger partial charge in [0.2, 0.25) is 0 Å². The third-order valence-electron chi connectivity index (χ3n) is 4.50. The Morgan fingerprint density at radius 1 is 0.742 bits per heavy atom. The van der Waals surface area contributed by atoms with Gasteiger partial charge in [-0.2, -0.15) is 8.42 Å². The summed E-state index contributed by atoms with van der Waals surface area (Å²) in [4.78, 5) is -0.389. The van der Waals surface area contributed by atoms with Gasteiger partial charge in [-0.1, -0.05) is 48.5 Å². The van der Waals surface area contributed by atoms with Crippen LogP contribution in [0.3, 0.4) is 0 Å². The predicted molar refractivity (Wildman–Crippen MR) is 142 cm³/mol. The summed E-state index contributed by atoms with van der Waals surface area (Å²) >= 11 is 6.04. The highest BCUT2D eigenvalue weighted by atomic mass is 127. The van der Waals surface area contributed by atoms with Crippen LogP contribution in [0.4, 0.5) is 0 Å². The number of fused-ring (bicyclic) bond motifs is 2. The van der Waals surface area contributed by atoms with Crippen LogP contribution in [-0.4, -0.2) is 21.4 Å². The van der Waals surface area contributed by atoms with Crippen LogP contribution in [0.25, 0.3) is 21.5 Å². The normalized spacial score (nSPS) is 12.4. The van der Waals surface area contributed by atoms with Gasteiger partial charge in [-0.25, -0.2) is 8.42 Å². The van der Waals surface area contributed by atoms with Crippen molar-refractivity contribution < 1.29 is 25.6 Å². The van der Waals surface area contributed by atoms with Crippen molar-refractivity contribution in [3.63, 3.8) is 0 Å². The lowest BCUT2D eigenvalue weighted by Crippen LogP contribution is -2.13. The highest BCUT2D eigenvalue weighted by molar-refractivity contribution is 14.1. The number of halogens is 3. The lowest BCUT2D eigenvalue weighted by Gasteiger charge is -2.19. The van der Waals surface area contributed by atoms with Crippen LogP contribution >= 0.6 is 67.8 Å².